The van der Waals surface area contributed by atoms with Crippen molar-refractivity contribution in [1.29, 1.82) is 0 Å². The zero-order chi connectivity index (χ0) is 13.0. The van der Waals surface area contributed by atoms with Gasteiger partial charge in [0, 0.05) is 24.5 Å². The third-order valence-electron chi connectivity index (χ3n) is 3.59. The van der Waals surface area contributed by atoms with Crippen LogP contribution in [0.4, 0.5) is 0 Å². The minimum absolute atomic E-state index is 0.0732. The lowest BCUT2D eigenvalue weighted by Gasteiger charge is -2.35. The number of nitrogens with two attached hydrogens (primary N) is 1. The van der Waals surface area contributed by atoms with E-state index in [1.807, 2.05) is 18.5 Å². The van der Waals surface area contributed by atoms with Crippen LogP contribution >= 0.6 is 0 Å². The van der Waals surface area contributed by atoms with E-state index in [1.54, 1.807) is 0 Å². The normalized spacial score (nSPS) is 19.1. The quantitative estimate of drug-likeness (QED) is 0.885. The van der Waals surface area contributed by atoms with Crippen molar-refractivity contribution >= 4 is 0 Å². The fourth-order valence-electron chi connectivity index (χ4n) is 2.78. The minimum atomic E-state index is -0.0732. The molecule has 1 aromatic rings. The van der Waals surface area contributed by atoms with Gasteiger partial charge in [0.05, 0.1) is 0 Å². The van der Waals surface area contributed by atoms with Gasteiger partial charge in [0.2, 0.25) is 0 Å². The molecule has 3 heteroatoms. The van der Waals surface area contributed by atoms with Crippen molar-refractivity contribution in [1.82, 2.24) is 9.88 Å². The molecule has 0 atom stereocenters. The van der Waals surface area contributed by atoms with Crippen molar-refractivity contribution < 1.29 is 0 Å². The van der Waals surface area contributed by atoms with E-state index in [0.717, 1.165) is 12.5 Å². The van der Waals surface area contributed by atoms with Gasteiger partial charge in [-0.2, -0.15) is 0 Å². The molecular formula is C15H25N3. The van der Waals surface area contributed by atoms with Gasteiger partial charge in [-0.25, -0.2) is 0 Å². The highest BCUT2D eigenvalue weighted by Gasteiger charge is 2.23. The lowest BCUT2D eigenvalue weighted by atomic mass is 9.90. The maximum Gasteiger partial charge on any atom is 0.0299 e. The Bertz CT molecular complexity index is 348. The number of pyridine rings is 1. The lowest BCUT2D eigenvalue weighted by molar-refractivity contribution is 0.157. The summed E-state index contributed by atoms with van der Waals surface area (Å²) < 4.78 is 0. The van der Waals surface area contributed by atoms with Crippen LogP contribution in [-0.2, 0) is 6.42 Å². The third kappa shape index (κ3) is 4.39. The number of likely N-dealkylation sites (tertiary alicyclic amines) is 1. The van der Waals surface area contributed by atoms with E-state index in [0.29, 0.717) is 0 Å². The highest BCUT2D eigenvalue weighted by molar-refractivity contribution is 5.09. The maximum absolute atomic E-state index is 6.07. The Balaban J connectivity index is 1.77. The van der Waals surface area contributed by atoms with Crippen molar-refractivity contribution in [3.8, 4) is 0 Å². The summed E-state index contributed by atoms with van der Waals surface area (Å²) in [5, 5.41) is 0. The summed E-state index contributed by atoms with van der Waals surface area (Å²) in [5.74, 6) is 0.811. The van der Waals surface area contributed by atoms with Gasteiger partial charge in [0.15, 0.2) is 0 Å². The molecule has 1 aliphatic rings. The Hall–Kier alpha value is -0.930. The van der Waals surface area contributed by atoms with E-state index in [4.69, 9.17) is 5.73 Å². The molecule has 2 heterocycles. The highest BCUT2D eigenvalue weighted by Crippen LogP contribution is 2.22. The summed E-state index contributed by atoms with van der Waals surface area (Å²) in [6.07, 6.45) is 7.58. The first-order chi connectivity index (χ1) is 8.53. The number of piperidine rings is 1. The maximum atomic E-state index is 6.07. The van der Waals surface area contributed by atoms with E-state index < -0.39 is 0 Å². The van der Waals surface area contributed by atoms with Crippen LogP contribution in [0.1, 0.15) is 32.3 Å². The van der Waals surface area contributed by atoms with Gasteiger partial charge in [-0.1, -0.05) is 6.07 Å². The second-order valence-electron chi connectivity index (χ2n) is 6.27. The molecule has 1 fully saturated rings. The molecule has 0 unspecified atom stereocenters. The smallest absolute Gasteiger partial charge is 0.0299 e. The Kier molecular flexibility index (Phi) is 4.36. The topological polar surface area (TPSA) is 42.1 Å². The second-order valence-corrected chi connectivity index (χ2v) is 6.27. The van der Waals surface area contributed by atoms with Gasteiger partial charge in [0.25, 0.3) is 0 Å². The van der Waals surface area contributed by atoms with Crippen molar-refractivity contribution in [2.75, 3.05) is 19.6 Å². The molecule has 2 N–H and O–H groups in total. The number of hydrogen-bond acceptors (Lipinski definition) is 3. The van der Waals surface area contributed by atoms with Crippen LogP contribution in [0.25, 0.3) is 0 Å². The average Bonchev–Trinajstić information content (AvgIpc) is 2.31. The monoisotopic (exact) mass is 247 g/mol. The summed E-state index contributed by atoms with van der Waals surface area (Å²) >= 11 is 0. The molecule has 0 aliphatic carbocycles. The zero-order valence-corrected chi connectivity index (χ0v) is 11.6. The molecular weight excluding hydrogens is 222 g/mol. The van der Waals surface area contributed by atoms with Gasteiger partial charge >= 0.3 is 0 Å². The summed E-state index contributed by atoms with van der Waals surface area (Å²) in [5.41, 5.74) is 7.37. The number of hydrogen-bond donors (Lipinski definition) is 1. The van der Waals surface area contributed by atoms with Gasteiger partial charge < -0.3 is 10.6 Å². The molecule has 3 nitrogen and oxygen atoms in total. The lowest BCUT2D eigenvalue weighted by Crippen LogP contribution is -2.48. The van der Waals surface area contributed by atoms with Crippen molar-refractivity contribution in [3.63, 3.8) is 0 Å². The van der Waals surface area contributed by atoms with E-state index in [1.165, 1.54) is 37.9 Å². The van der Waals surface area contributed by atoms with Crippen LogP contribution in [0, 0.1) is 5.92 Å². The predicted octanol–water partition coefficient (Wildman–Crippen LogP) is 2.07. The molecule has 0 spiro atoms. The number of rotatable bonds is 4. The molecule has 1 aromatic heterocycles. The van der Waals surface area contributed by atoms with Crippen molar-refractivity contribution in [2.45, 2.75) is 38.6 Å². The molecule has 0 saturated carbocycles. The molecule has 0 amide bonds. The molecule has 0 aromatic carbocycles. The standard InChI is InChI=1S/C15H25N3/c1-15(2,16)12-18-8-5-13(6-9-18)10-14-4-3-7-17-11-14/h3-4,7,11,13H,5-6,8-10,12,16H2,1-2H3. The summed E-state index contributed by atoms with van der Waals surface area (Å²) in [4.78, 5) is 6.69. The van der Waals surface area contributed by atoms with Gasteiger partial charge in [0.1, 0.15) is 0 Å². The predicted molar refractivity (Wildman–Crippen MR) is 75.4 cm³/mol. The number of aromatic nitrogens is 1. The largest absolute Gasteiger partial charge is 0.324 e. The molecule has 0 radical (unpaired) electrons. The van der Waals surface area contributed by atoms with Crippen molar-refractivity contribution in [2.24, 2.45) is 11.7 Å². The van der Waals surface area contributed by atoms with Gasteiger partial charge in [-0.15, -0.1) is 0 Å². The molecule has 100 valence electrons. The van der Waals surface area contributed by atoms with Crippen LogP contribution in [-0.4, -0.2) is 35.1 Å². The van der Waals surface area contributed by atoms with E-state index in [2.05, 4.69) is 29.8 Å². The molecule has 18 heavy (non-hydrogen) atoms. The number of nitrogens with zero attached hydrogens (tertiary/aromatic N) is 2. The van der Waals surface area contributed by atoms with Crippen molar-refractivity contribution in [3.05, 3.63) is 30.1 Å². The molecule has 2 rings (SSSR count). The van der Waals surface area contributed by atoms with Crippen LogP contribution in [0.3, 0.4) is 0 Å². The molecule has 0 bridgehead atoms. The Morgan fingerprint density at radius 3 is 2.67 bits per heavy atom. The Morgan fingerprint density at radius 1 is 1.39 bits per heavy atom. The summed E-state index contributed by atoms with van der Waals surface area (Å²) in [6, 6.07) is 4.21. The molecule has 1 aliphatic heterocycles. The van der Waals surface area contributed by atoms with E-state index >= 15 is 0 Å². The van der Waals surface area contributed by atoms with Gasteiger partial charge in [-0.05, 0) is 63.7 Å². The zero-order valence-electron chi connectivity index (χ0n) is 11.6. The first-order valence-electron chi connectivity index (χ1n) is 6.93. The minimum Gasteiger partial charge on any atom is -0.324 e. The highest BCUT2D eigenvalue weighted by atomic mass is 15.1. The summed E-state index contributed by atoms with van der Waals surface area (Å²) in [7, 11) is 0. The first kappa shape index (κ1) is 13.5. The van der Waals surface area contributed by atoms with Gasteiger partial charge in [-0.3, -0.25) is 4.98 Å². The fraction of sp³-hybridized carbons (Fsp3) is 0.667. The van der Waals surface area contributed by atoms with Crippen LogP contribution in [0.15, 0.2) is 24.5 Å². The van der Waals surface area contributed by atoms with Crippen LogP contribution in [0.5, 0.6) is 0 Å². The Morgan fingerprint density at radius 2 is 2.11 bits per heavy atom. The fourth-order valence-corrected chi connectivity index (χ4v) is 2.78. The third-order valence-corrected chi connectivity index (χ3v) is 3.59. The van der Waals surface area contributed by atoms with E-state index in [9.17, 15) is 0 Å². The SMILES string of the molecule is CC(C)(N)CN1CCC(Cc2cccnc2)CC1. The van der Waals surface area contributed by atoms with Crippen LogP contribution < -0.4 is 5.73 Å². The first-order valence-corrected chi connectivity index (χ1v) is 6.93. The average molecular weight is 247 g/mol. The second kappa shape index (κ2) is 5.81. The Labute approximate surface area is 110 Å². The summed E-state index contributed by atoms with van der Waals surface area (Å²) in [6.45, 7) is 7.59. The van der Waals surface area contributed by atoms with E-state index in [-0.39, 0.29) is 5.54 Å². The van der Waals surface area contributed by atoms with Crippen LogP contribution in [0.2, 0.25) is 0 Å². The molecule has 1 saturated heterocycles.